The lowest BCUT2D eigenvalue weighted by Crippen LogP contribution is -2.41. The number of hydrogen-bond donors (Lipinski definition) is 2. The van der Waals surface area contributed by atoms with Crippen LogP contribution in [0.3, 0.4) is 0 Å². The summed E-state index contributed by atoms with van der Waals surface area (Å²) in [7, 11) is 2.54. The molecule has 0 aliphatic carbocycles. The summed E-state index contributed by atoms with van der Waals surface area (Å²) < 4.78 is 7.14. The number of anilines is 1. The van der Waals surface area contributed by atoms with Gasteiger partial charge < -0.3 is 15.3 Å². The number of fused-ring (bicyclic) bond motifs is 1. The minimum atomic E-state index is -1.43. The first kappa shape index (κ1) is 22.8. The van der Waals surface area contributed by atoms with E-state index in [2.05, 4.69) is 0 Å². The number of nitro benzene ring substituents is 1. The van der Waals surface area contributed by atoms with Gasteiger partial charge in [0, 0.05) is 20.2 Å². The number of aromatic hydroxyl groups is 1. The fourth-order valence-corrected chi connectivity index (χ4v) is 4.07. The molecule has 2 heterocycles. The fourth-order valence-electron chi connectivity index (χ4n) is 3.89. The number of nitrogen functional groups attached to an aromatic ring is 1. The van der Waals surface area contributed by atoms with Crippen LogP contribution in [0.4, 0.5) is 11.5 Å². The normalized spacial score (nSPS) is 12.1. The number of nitrogens with zero attached hydrogens (tertiary/aromatic N) is 3. The van der Waals surface area contributed by atoms with Crippen LogP contribution >= 0.6 is 11.6 Å². The maximum absolute atomic E-state index is 13.2. The van der Waals surface area contributed by atoms with Gasteiger partial charge in [0.1, 0.15) is 22.2 Å². The zero-order valence-electron chi connectivity index (χ0n) is 17.8. The first-order valence-electron chi connectivity index (χ1n) is 9.78. The zero-order chi connectivity index (χ0) is 24.9. The second kappa shape index (κ2) is 8.19. The van der Waals surface area contributed by atoms with E-state index in [0.717, 1.165) is 15.2 Å². The van der Waals surface area contributed by atoms with Gasteiger partial charge >= 0.3 is 11.3 Å². The van der Waals surface area contributed by atoms with Crippen molar-refractivity contribution in [1.82, 2.24) is 9.13 Å². The van der Waals surface area contributed by atoms with Crippen LogP contribution in [0.25, 0.3) is 11.0 Å². The summed E-state index contributed by atoms with van der Waals surface area (Å²) >= 11 is 5.96. The lowest BCUT2D eigenvalue weighted by molar-refractivity contribution is -0.384. The zero-order valence-corrected chi connectivity index (χ0v) is 18.6. The van der Waals surface area contributed by atoms with E-state index in [0.29, 0.717) is 0 Å². The van der Waals surface area contributed by atoms with Gasteiger partial charge in [0.15, 0.2) is 0 Å². The molecule has 0 amide bonds. The Morgan fingerprint density at radius 3 is 2.44 bits per heavy atom. The Kier molecular flexibility index (Phi) is 5.49. The molecule has 1 unspecified atom stereocenters. The van der Waals surface area contributed by atoms with Gasteiger partial charge in [-0.1, -0.05) is 29.8 Å². The highest BCUT2D eigenvalue weighted by Crippen LogP contribution is 2.40. The molecule has 174 valence electrons. The Bertz CT molecular complexity index is 1670. The van der Waals surface area contributed by atoms with Gasteiger partial charge in [-0.15, -0.1) is 0 Å². The highest BCUT2D eigenvalue weighted by molar-refractivity contribution is 6.32. The van der Waals surface area contributed by atoms with Gasteiger partial charge in [-0.25, -0.2) is 9.59 Å². The minimum absolute atomic E-state index is 0.0523. The summed E-state index contributed by atoms with van der Waals surface area (Å²) in [5, 5.41) is 22.6. The van der Waals surface area contributed by atoms with Crippen LogP contribution in [-0.2, 0) is 14.1 Å². The van der Waals surface area contributed by atoms with Crippen LogP contribution < -0.4 is 22.6 Å². The van der Waals surface area contributed by atoms with E-state index >= 15 is 0 Å². The molecule has 0 spiro atoms. The van der Waals surface area contributed by atoms with Crippen LogP contribution in [0.1, 0.15) is 22.6 Å². The van der Waals surface area contributed by atoms with Crippen molar-refractivity contribution in [2.45, 2.75) is 5.92 Å². The Morgan fingerprint density at radius 2 is 1.76 bits per heavy atom. The average Bonchev–Trinajstić information content (AvgIpc) is 2.80. The Balaban J connectivity index is 2.20. The maximum Gasteiger partial charge on any atom is 0.344 e. The van der Waals surface area contributed by atoms with Crippen molar-refractivity contribution in [3.05, 3.63) is 106 Å². The smallest absolute Gasteiger partial charge is 0.344 e. The van der Waals surface area contributed by atoms with Crippen LogP contribution in [0, 0.1) is 10.1 Å². The van der Waals surface area contributed by atoms with Crippen molar-refractivity contribution < 1.29 is 14.4 Å². The third-order valence-corrected chi connectivity index (χ3v) is 5.96. The molecule has 11 nitrogen and oxygen atoms in total. The molecule has 3 N–H and O–H groups in total. The van der Waals surface area contributed by atoms with Crippen LogP contribution in [-0.4, -0.2) is 19.2 Å². The molecule has 2 aromatic carbocycles. The molecule has 34 heavy (non-hydrogen) atoms. The van der Waals surface area contributed by atoms with E-state index in [-0.39, 0.29) is 38.5 Å². The van der Waals surface area contributed by atoms with Gasteiger partial charge in [0.05, 0.1) is 27.4 Å². The molecule has 4 aromatic rings. The molecule has 12 heteroatoms. The lowest BCUT2D eigenvalue weighted by Gasteiger charge is -2.21. The molecule has 0 saturated carbocycles. The molecular formula is C22H17ClN4O7. The Morgan fingerprint density at radius 1 is 1.09 bits per heavy atom. The predicted octanol–water partition coefficient (Wildman–Crippen LogP) is 2.22. The van der Waals surface area contributed by atoms with Crippen LogP contribution in [0.2, 0.25) is 5.02 Å². The van der Waals surface area contributed by atoms with E-state index in [1.165, 1.54) is 38.4 Å². The van der Waals surface area contributed by atoms with E-state index in [4.69, 9.17) is 21.8 Å². The standard InChI is InChI=1S/C22H17ClN4O7/c1-25-19(24)17(20(29)26(2)22(25)31)15(10-7-8-12(23)13(9-10)27(32)33)16-18(28)11-5-3-4-6-14(11)34-21(16)30/h3-9,15,28H,24H2,1-2H3. The summed E-state index contributed by atoms with van der Waals surface area (Å²) in [6, 6.07) is 9.84. The highest BCUT2D eigenvalue weighted by Gasteiger charge is 2.33. The monoisotopic (exact) mass is 484 g/mol. The highest BCUT2D eigenvalue weighted by atomic mass is 35.5. The van der Waals surface area contributed by atoms with E-state index in [1.54, 1.807) is 12.1 Å². The molecular weight excluding hydrogens is 468 g/mol. The van der Waals surface area contributed by atoms with Crippen LogP contribution in [0.15, 0.2) is 61.3 Å². The SMILES string of the molecule is Cn1c(N)c(C(c2ccc(Cl)c([N+](=O)[O-])c2)c2c(O)c3ccccc3oc2=O)c(=O)n(C)c1=O. The Labute approximate surface area is 195 Å². The molecule has 0 aliphatic heterocycles. The Hall–Kier alpha value is -4.38. The van der Waals surface area contributed by atoms with Crippen LogP contribution in [0.5, 0.6) is 5.75 Å². The number of benzene rings is 2. The number of aromatic nitrogens is 2. The van der Waals surface area contributed by atoms with Gasteiger partial charge in [-0.3, -0.25) is 24.0 Å². The first-order valence-corrected chi connectivity index (χ1v) is 10.2. The molecule has 0 saturated heterocycles. The van der Waals surface area contributed by atoms with Gasteiger partial charge in [-0.05, 0) is 23.8 Å². The third kappa shape index (κ3) is 3.42. The second-order valence-electron chi connectivity index (χ2n) is 7.55. The molecule has 0 fully saturated rings. The van der Waals surface area contributed by atoms with Gasteiger partial charge in [-0.2, -0.15) is 0 Å². The molecule has 1 atom stereocenters. The van der Waals surface area contributed by atoms with E-state index in [9.17, 15) is 29.6 Å². The second-order valence-corrected chi connectivity index (χ2v) is 7.96. The summed E-state index contributed by atoms with van der Waals surface area (Å²) in [6.45, 7) is 0. The van der Waals surface area contributed by atoms with Crippen molar-refractivity contribution in [2.24, 2.45) is 14.1 Å². The summed E-state index contributed by atoms with van der Waals surface area (Å²) in [6.07, 6.45) is 0. The van der Waals surface area contributed by atoms with E-state index in [1.807, 2.05) is 0 Å². The quantitative estimate of drug-likeness (QED) is 0.253. The third-order valence-electron chi connectivity index (χ3n) is 5.64. The largest absolute Gasteiger partial charge is 0.507 e. The number of nitrogens with two attached hydrogens (primary N) is 1. The molecule has 0 radical (unpaired) electrons. The van der Waals surface area contributed by atoms with Gasteiger partial charge in [0.25, 0.3) is 11.2 Å². The minimum Gasteiger partial charge on any atom is -0.507 e. The predicted molar refractivity (Wildman–Crippen MR) is 125 cm³/mol. The molecule has 2 aromatic heterocycles. The number of nitro groups is 1. The van der Waals surface area contributed by atoms with E-state index < -0.39 is 39.2 Å². The van der Waals surface area contributed by atoms with Gasteiger partial charge in [0.2, 0.25) is 0 Å². The fraction of sp³-hybridized carbons (Fsp3) is 0.136. The van der Waals surface area contributed by atoms with Crippen molar-refractivity contribution in [3.63, 3.8) is 0 Å². The lowest BCUT2D eigenvalue weighted by atomic mass is 9.85. The summed E-state index contributed by atoms with van der Waals surface area (Å²) in [5.74, 6) is -2.21. The first-order chi connectivity index (χ1) is 16.0. The molecule has 0 aliphatic rings. The average molecular weight is 485 g/mol. The molecule has 4 rings (SSSR count). The van der Waals surface area contributed by atoms with Crippen molar-refractivity contribution in [3.8, 4) is 5.75 Å². The number of rotatable bonds is 4. The van der Waals surface area contributed by atoms with Crippen molar-refractivity contribution in [2.75, 3.05) is 5.73 Å². The topological polar surface area (TPSA) is 164 Å². The van der Waals surface area contributed by atoms with Crippen molar-refractivity contribution >= 4 is 34.1 Å². The number of hydrogen-bond acceptors (Lipinski definition) is 8. The summed E-state index contributed by atoms with van der Waals surface area (Å²) in [4.78, 5) is 49.5. The maximum atomic E-state index is 13.2. The number of halogens is 1. The van der Waals surface area contributed by atoms with Crippen molar-refractivity contribution in [1.29, 1.82) is 0 Å². The number of para-hydroxylation sites is 1. The summed E-state index contributed by atoms with van der Waals surface area (Å²) in [5.41, 5.74) is 2.61. The molecule has 0 bridgehead atoms.